The molecule has 3 N–H and O–H groups in total. The van der Waals surface area contributed by atoms with Crippen molar-refractivity contribution in [2.45, 2.75) is 0 Å². The summed E-state index contributed by atoms with van der Waals surface area (Å²) in [5, 5.41) is 3.48. The molecule has 2 heterocycles. The molecule has 28 heavy (non-hydrogen) atoms. The molecule has 0 bridgehead atoms. The van der Waals surface area contributed by atoms with Gasteiger partial charge in [-0.25, -0.2) is 4.39 Å². The van der Waals surface area contributed by atoms with Crippen LogP contribution in [0.3, 0.4) is 0 Å². The normalized spacial score (nSPS) is 10.8. The summed E-state index contributed by atoms with van der Waals surface area (Å²) in [4.78, 5) is 28.6. The van der Waals surface area contributed by atoms with E-state index in [1.165, 1.54) is 18.3 Å². The standard InChI is InChI=1S/C21H15FN4O2/c22-13-3-6-16(7-4-13)26-12-18(21(23)28)20(27)17-10-14(5-8-19(17)26)25-15-2-1-9-24-11-15/h1-12,25H,(H2,23,28). The summed E-state index contributed by atoms with van der Waals surface area (Å²) in [6, 6.07) is 14.6. The highest BCUT2D eigenvalue weighted by Crippen LogP contribution is 2.23. The van der Waals surface area contributed by atoms with Gasteiger partial charge in [0, 0.05) is 29.2 Å². The molecule has 0 spiro atoms. The first-order valence-corrected chi connectivity index (χ1v) is 8.45. The Labute approximate surface area is 159 Å². The molecule has 6 nitrogen and oxygen atoms in total. The van der Waals surface area contributed by atoms with E-state index in [1.807, 2.05) is 6.07 Å². The van der Waals surface area contributed by atoms with Crippen LogP contribution in [0.5, 0.6) is 0 Å². The van der Waals surface area contributed by atoms with Gasteiger partial charge in [-0.1, -0.05) is 0 Å². The number of benzene rings is 2. The van der Waals surface area contributed by atoms with Crippen LogP contribution in [-0.2, 0) is 0 Å². The van der Waals surface area contributed by atoms with Gasteiger partial charge in [0.25, 0.3) is 5.91 Å². The van der Waals surface area contributed by atoms with Gasteiger partial charge < -0.3 is 15.6 Å². The van der Waals surface area contributed by atoms with Gasteiger partial charge in [-0.15, -0.1) is 0 Å². The van der Waals surface area contributed by atoms with Crippen LogP contribution in [0.1, 0.15) is 10.4 Å². The fourth-order valence-corrected chi connectivity index (χ4v) is 3.00. The van der Waals surface area contributed by atoms with E-state index >= 15 is 0 Å². The Balaban J connectivity index is 1.92. The summed E-state index contributed by atoms with van der Waals surface area (Å²) in [7, 11) is 0. The van der Waals surface area contributed by atoms with E-state index in [9.17, 15) is 14.0 Å². The molecule has 0 fully saturated rings. The third-order valence-electron chi connectivity index (χ3n) is 4.32. The Bertz CT molecular complexity index is 1240. The molecule has 0 atom stereocenters. The van der Waals surface area contributed by atoms with Gasteiger partial charge in [0.15, 0.2) is 0 Å². The van der Waals surface area contributed by atoms with Crippen molar-refractivity contribution in [3.8, 4) is 5.69 Å². The summed E-state index contributed by atoms with van der Waals surface area (Å²) in [6.07, 6.45) is 4.70. The Morgan fingerprint density at radius 1 is 1.07 bits per heavy atom. The topological polar surface area (TPSA) is 90.0 Å². The third kappa shape index (κ3) is 3.21. The van der Waals surface area contributed by atoms with E-state index in [-0.39, 0.29) is 11.4 Å². The molecule has 0 saturated heterocycles. The third-order valence-corrected chi connectivity index (χ3v) is 4.32. The summed E-state index contributed by atoms with van der Waals surface area (Å²) in [5.41, 5.74) is 7.38. The number of nitrogens with zero attached hydrogens (tertiary/aromatic N) is 2. The van der Waals surface area contributed by atoms with Gasteiger partial charge >= 0.3 is 0 Å². The average molecular weight is 374 g/mol. The molecule has 0 aliphatic rings. The number of primary amides is 1. The lowest BCUT2D eigenvalue weighted by Gasteiger charge is -2.14. The van der Waals surface area contributed by atoms with Crippen molar-refractivity contribution < 1.29 is 9.18 Å². The van der Waals surface area contributed by atoms with Crippen LogP contribution >= 0.6 is 0 Å². The zero-order valence-electron chi connectivity index (χ0n) is 14.6. The Kier molecular flexibility index (Phi) is 4.33. The van der Waals surface area contributed by atoms with E-state index in [2.05, 4.69) is 10.3 Å². The number of rotatable bonds is 4. The fraction of sp³-hybridized carbons (Fsp3) is 0. The molecule has 7 heteroatoms. The van der Waals surface area contributed by atoms with E-state index in [0.29, 0.717) is 22.3 Å². The van der Waals surface area contributed by atoms with Crippen molar-refractivity contribution in [1.29, 1.82) is 0 Å². The zero-order chi connectivity index (χ0) is 19.7. The molecule has 0 unspecified atom stereocenters. The molecule has 1 amide bonds. The predicted molar refractivity (Wildman–Crippen MR) is 106 cm³/mol. The number of hydrogen-bond acceptors (Lipinski definition) is 4. The van der Waals surface area contributed by atoms with Gasteiger partial charge in [0.1, 0.15) is 11.4 Å². The van der Waals surface area contributed by atoms with E-state index in [1.54, 1.807) is 53.4 Å². The van der Waals surface area contributed by atoms with E-state index in [4.69, 9.17) is 5.73 Å². The van der Waals surface area contributed by atoms with Crippen LogP contribution in [0.15, 0.2) is 78.0 Å². The molecular formula is C21H15FN4O2. The quantitative estimate of drug-likeness (QED) is 0.573. The Hall–Kier alpha value is -4.00. The number of fused-ring (bicyclic) bond motifs is 1. The summed E-state index contributed by atoms with van der Waals surface area (Å²) < 4.78 is 14.9. The maximum Gasteiger partial charge on any atom is 0.254 e. The first kappa shape index (κ1) is 17.4. The van der Waals surface area contributed by atoms with Crippen molar-refractivity contribution in [2.24, 2.45) is 5.73 Å². The van der Waals surface area contributed by atoms with Crippen LogP contribution in [0, 0.1) is 5.82 Å². The minimum atomic E-state index is -0.826. The maximum absolute atomic E-state index is 13.3. The first-order valence-electron chi connectivity index (χ1n) is 8.45. The molecule has 0 aliphatic heterocycles. The number of amides is 1. The number of anilines is 2. The average Bonchev–Trinajstić information content (AvgIpc) is 2.70. The molecule has 2 aromatic carbocycles. The van der Waals surface area contributed by atoms with Crippen LogP contribution in [0.4, 0.5) is 15.8 Å². The number of pyridine rings is 2. The second-order valence-corrected chi connectivity index (χ2v) is 6.18. The highest BCUT2D eigenvalue weighted by molar-refractivity contribution is 5.97. The summed E-state index contributed by atoms with van der Waals surface area (Å²) in [5.74, 6) is -1.21. The molecule has 0 saturated carbocycles. The lowest BCUT2D eigenvalue weighted by Crippen LogP contribution is -2.24. The number of nitrogens with two attached hydrogens (primary N) is 1. The number of aromatic nitrogens is 2. The SMILES string of the molecule is NC(=O)c1cn(-c2ccc(F)cc2)c2ccc(Nc3cccnc3)cc2c1=O. The monoisotopic (exact) mass is 374 g/mol. The van der Waals surface area contributed by atoms with Crippen molar-refractivity contribution >= 4 is 28.2 Å². The number of halogens is 1. The van der Waals surface area contributed by atoms with E-state index < -0.39 is 11.3 Å². The molecule has 4 aromatic rings. The number of carbonyl (C=O) groups is 1. The van der Waals surface area contributed by atoms with Crippen molar-refractivity contribution in [3.05, 3.63) is 94.8 Å². The molecule has 2 aromatic heterocycles. The number of carbonyl (C=O) groups excluding carboxylic acids is 1. The van der Waals surface area contributed by atoms with Gasteiger partial charge in [-0.05, 0) is 54.6 Å². The zero-order valence-corrected chi connectivity index (χ0v) is 14.6. The molecule has 0 aliphatic carbocycles. The Morgan fingerprint density at radius 2 is 1.86 bits per heavy atom. The van der Waals surface area contributed by atoms with Crippen LogP contribution < -0.4 is 16.5 Å². The number of hydrogen-bond donors (Lipinski definition) is 2. The summed E-state index contributed by atoms with van der Waals surface area (Å²) in [6.45, 7) is 0. The van der Waals surface area contributed by atoms with Crippen molar-refractivity contribution in [2.75, 3.05) is 5.32 Å². The van der Waals surface area contributed by atoms with Crippen LogP contribution in [0.2, 0.25) is 0 Å². The van der Waals surface area contributed by atoms with Gasteiger partial charge in [-0.3, -0.25) is 14.6 Å². The van der Waals surface area contributed by atoms with E-state index in [0.717, 1.165) is 5.69 Å². The first-order chi connectivity index (χ1) is 13.5. The molecule has 4 rings (SSSR count). The van der Waals surface area contributed by atoms with Crippen molar-refractivity contribution in [1.82, 2.24) is 9.55 Å². The smallest absolute Gasteiger partial charge is 0.254 e. The second kappa shape index (κ2) is 6.96. The molecule has 0 radical (unpaired) electrons. The van der Waals surface area contributed by atoms with Gasteiger partial charge in [0.2, 0.25) is 5.43 Å². The highest BCUT2D eigenvalue weighted by Gasteiger charge is 2.15. The predicted octanol–water partition coefficient (Wildman–Crippen LogP) is 3.37. The second-order valence-electron chi connectivity index (χ2n) is 6.18. The van der Waals surface area contributed by atoms with Gasteiger partial charge in [-0.2, -0.15) is 0 Å². The molecule has 138 valence electrons. The Morgan fingerprint density at radius 3 is 2.54 bits per heavy atom. The lowest BCUT2D eigenvalue weighted by molar-refractivity contribution is 0.0999. The van der Waals surface area contributed by atoms with Crippen LogP contribution in [-0.4, -0.2) is 15.5 Å². The minimum Gasteiger partial charge on any atom is -0.365 e. The van der Waals surface area contributed by atoms with Crippen LogP contribution in [0.25, 0.3) is 16.6 Å². The maximum atomic E-state index is 13.3. The van der Waals surface area contributed by atoms with Gasteiger partial charge in [0.05, 0.1) is 17.4 Å². The fourth-order valence-electron chi connectivity index (χ4n) is 3.00. The minimum absolute atomic E-state index is 0.143. The summed E-state index contributed by atoms with van der Waals surface area (Å²) >= 11 is 0. The lowest BCUT2D eigenvalue weighted by atomic mass is 10.1. The largest absolute Gasteiger partial charge is 0.365 e. The number of nitrogens with one attached hydrogen (secondary N) is 1. The highest BCUT2D eigenvalue weighted by atomic mass is 19.1. The van der Waals surface area contributed by atoms with Crippen molar-refractivity contribution in [3.63, 3.8) is 0 Å². The molecular weight excluding hydrogens is 359 g/mol.